The van der Waals surface area contributed by atoms with E-state index in [1.165, 1.54) is 5.56 Å². The lowest BCUT2D eigenvalue weighted by atomic mass is 10.1. The molecule has 1 aliphatic rings. The first kappa shape index (κ1) is 16.7. The van der Waals surface area contributed by atoms with E-state index < -0.39 is 0 Å². The molecular formula is C19H21NO3S. The summed E-state index contributed by atoms with van der Waals surface area (Å²) in [6.07, 6.45) is 0. The van der Waals surface area contributed by atoms with Crippen LogP contribution in [-0.4, -0.2) is 30.8 Å². The first-order chi connectivity index (χ1) is 11.6. The number of methoxy groups -OCH3 is 2. The molecule has 2 aromatic rings. The van der Waals surface area contributed by atoms with Crippen molar-refractivity contribution < 1.29 is 14.3 Å². The predicted molar refractivity (Wildman–Crippen MR) is 96.5 cm³/mol. The minimum atomic E-state index is -0.107. The SMILES string of the molecule is COc1cccc(OC)c1C1SCC(=O)N1Cc1ccc(C)cc1. The summed E-state index contributed by atoms with van der Waals surface area (Å²) in [7, 11) is 3.29. The zero-order valence-electron chi connectivity index (χ0n) is 14.1. The molecule has 126 valence electrons. The number of carbonyl (C=O) groups excluding carboxylic acids is 1. The van der Waals surface area contributed by atoms with Crippen LogP contribution in [0, 0.1) is 6.92 Å². The van der Waals surface area contributed by atoms with Gasteiger partial charge in [-0.25, -0.2) is 0 Å². The molecule has 1 unspecified atom stereocenters. The maximum Gasteiger partial charge on any atom is 0.234 e. The number of aryl methyl sites for hydroxylation is 1. The molecular weight excluding hydrogens is 322 g/mol. The van der Waals surface area contributed by atoms with Crippen molar-refractivity contribution in [2.75, 3.05) is 20.0 Å². The Kier molecular flexibility index (Phi) is 5.00. The van der Waals surface area contributed by atoms with Crippen molar-refractivity contribution in [3.05, 3.63) is 59.2 Å². The quantitative estimate of drug-likeness (QED) is 0.828. The molecule has 1 amide bonds. The third-order valence-corrected chi connectivity index (χ3v) is 5.37. The normalized spacial score (nSPS) is 17.2. The third-order valence-electron chi connectivity index (χ3n) is 4.15. The largest absolute Gasteiger partial charge is 0.496 e. The molecule has 0 aromatic heterocycles. The minimum absolute atomic E-state index is 0.107. The van der Waals surface area contributed by atoms with Gasteiger partial charge in [-0.1, -0.05) is 35.9 Å². The highest BCUT2D eigenvalue weighted by molar-refractivity contribution is 8.00. The van der Waals surface area contributed by atoms with Crippen molar-refractivity contribution in [3.63, 3.8) is 0 Å². The van der Waals surface area contributed by atoms with Gasteiger partial charge < -0.3 is 14.4 Å². The minimum Gasteiger partial charge on any atom is -0.496 e. The van der Waals surface area contributed by atoms with Crippen LogP contribution < -0.4 is 9.47 Å². The van der Waals surface area contributed by atoms with E-state index in [-0.39, 0.29) is 11.3 Å². The number of benzene rings is 2. The Bertz CT molecular complexity index is 708. The van der Waals surface area contributed by atoms with E-state index in [2.05, 4.69) is 31.2 Å². The molecule has 2 aromatic carbocycles. The van der Waals surface area contributed by atoms with Crippen molar-refractivity contribution in [3.8, 4) is 11.5 Å². The first-order valence-corrected chi connectivity index (χ1v) is 8.86. The molecule has 1 aliphatic heterocycles. The molecule has 1 fully saturated rings. The van der Waals surface area contributed by atoms with E-state index in [1.54, 1.807) is 26.0 Å². The van der Waals surface area contributed by atoms with Gasteiger partial charge in [0.15, 0.2) is 0 Å². The first-order valence-electron chi connectivity index (χ1n) is 7.81. The van der Waals surface area contributed by atoms with Crippen molar-refractivity contribution in [2.24, 2.45) is 0 Å². The standard InChI is InChI=1S/C19H21NO3S/c1-13-7-9-14(10-8-13)11-20-17(21)12-24-19(20)18-15(22-2)5-4-6-16(18)23-3/h4-10,19H,11-12H2,1-3H3. The Morgan fingerprint density at radius 3 is 2.29 bits per heavy atom. The number of amides is 1. The summed E-state index contributed by atoms with van der Waals surface area (Å²) in [5.74, 6) is 2.10. The van der Waals surface area contributed by atoms with Crippen LogP contribution >= 0.6 is 11.8 Å². The molecule has 1 atom stereocenters. The van der Waals surface area contributed by atoms with Gasteiger partial charge in [0.2, 0.25) is 5.91 Å². The smallest absolute Gasteiger partial charge is 0.234 e. The van der Waals surface area contributed by atoms with Crippen LogP contribution in [0.3, 0.4) is 0 Å². The van der Waals surface area contributed by atoms with Crippen molar-refractivity contribution in [1.82, 2.24) is 4.90 Å². The average Bonchev–Trinajstić information content (AvgIpc) is 2.96. The molecule has 4 nitrogen and oxygen atoms in total. The second-order valence-corrected chi connectivity index (χ2v) is 6.82. The summed E-state index contributed by atoms with van der Waals surface area (Å²) >= 11 is 1.61. The van der Waals surface area contributed by atoms with Crippen LogP contribution in [0.15, 0.2) is 42.5 Å². The van der Waals surface area contributed by atoms with Gasteiger partial charge in [-0.3, -0.25) is 4.79 Å². The van der Waals surface area contributed by atoms with Crippen LogP contribution in [0.25, 0.3) is 0 Å². The van der Waals surface area contributed by atoms with Crippen LogP contribution in [0.4, 0.5) is 0 Å². The van der Waals surface area contributed by atoms with Gasteiger partial charge in [0.25, 0.3) is 0 Å². The Morgan fingerprint density at radius 2 is 1.71 bits per heavy atom. The van der Waals surface area contributed by atoms with Crippen molar-refractivity contribution in [1.29, 1.82) is 0 Å². The second-order valence-electron chi connectivity index (χ2n) is 5.75. The summed E-state index contributed by atoms with van der Waals surface area (Å²) in [5, 5.41) is -0.107. The maximum absolute atomic E-state index is 12.5. The fourth-order valence-corrected chi connectivity index (χ4v) is 4.11. The van der Waals surface area contributed by atoms with Gasteiger partial charge in [0.05, 0.1) is 25.5 Å². The molecule has 3 rings (SSSR count). The lowest BCUT2D eigenvalue weighted by molar-refractivity contribution is -0.128. The second kappa shape index (κ2) is 7.18. The molecule has 0 N–H and O–H groups in total. The van der Waals surface area contributed by atoms with Crippen LogP contribution in [0.1, 0.15) is 22.1 Å². The third kappa shape index (κ3) is 3.22. The summed E-state index contributed by atoms with van der Waals surface area (Å²) in [6.45, 7) is 2.64. The summed E-state index contributed by atoms with van der Waals surface area (Å²) in [4.78, 5) is 14.4. The zero-order valence-corrected chi connectivity index (χ0v) is 14.9. The van der Waals surface area contributed by atoms with E-state index in [0.29, 0.717) is 12.3 Å². The lowest BCUT2D eigenvalue weighted by Crippen LogP contribution is -2.28. The van der Waals surface area contributed by atoms with Gasteiger partial charge in [-0.2, -0.15) is 0 Å². The fraction of sp³-hybridized carbons (Fsp3) is 0.316. The molecule has 1 saturated heterocycles. The van der Waals surface area contributed by atoms with E-state index in [9.17, 15) is 4.79 Å². The van der Waals surface area contributed by atoms with E-state index in [1.807, 2.05) is 23.1 Å². The average molecular weight is 343 g/mol. The van der Waals surface area contributed by atoms with E-state index in [0.717, 1.165) is 22.6 Å². The van der Waals surface area contributed by atoms with Crippen molar-refractivity contribution >= 4 is 17.7 Å². The summed E-state index contributed by atoms with van der Waals surface area (Å²) in [5.41, 5.74) is 3.25. The number of carbonyl (C=O) groups is 1. The highest BCUT2D eigenvalue weighted by atomic mass is 32.2. The van der Waals surface area contributed by atoms with Gasteiger partial charge in [-0.15, -0.1) is 11.8 Å². The van der Waals surface area contributed by atoms with E-state index in [4.69, 9.17) is 9.47 Å². The Labute approximate surface area is 146 Å². The summed E-state index contributed by atoms with van der Waals surface area (Å²) < 4.78 is 11.0. The number of hydrogen-bond donors (Lipinski definition) is 0. The molecule has 5 heteroatoms. The van der Waals surface area contributed by atoms with Crippen molar-refractivity contribution in [2.45, 2.75) is 18.8 Å². The number of thioether (sulfide) groups is 1. The van der Waals surface area contributed by atoms with Gasteiger partial charge in [0, 0.05) is 6.54 Å². The Hall–Kier alpha value is -2.14. The van der Waals surface area contributed by atoms with Gasteiger partial charge >= 0.3 is 0 Å². The summed E-state index contributed by atoms with van der Waals surface area (Å²) in [6, 6.07) is 14.0. The Balaban J connectivity index is 1.95. The molecule has 0 radical (unpaired) electrons. The van der Waals surface area contributed by atoms with Crippen LogP contribution in [0.2, 0.25) is 0 Å². The van der Waals surface area contributed by atoms with Gasteiger partial charge in [0.1, 0.15) is 16.9 Å². The number of nitrogens with zero attached hydrogens (tertiary/aromatic N) is 1. The fourth-order valence-electron chi connectivity index (χ4n) is 2.88. The van der Waals surface area contributed by atoms with E-state index >= 15 is 0 Å². The highest BCUT2D eigenvalue weighted by Crippen LogP contribution is 2.47. The number of rotatable bonds is 5. The topological polar surface area (TPSA) is 38.8 Å². The molecule has 0 spiro atoms. The number of hydrogen-bond acceptors (Lipinski definition) is 4. The highest BCUT2D eigenvalue weighted by Gasteiger charge is 2.36. The lowest BCUT2D eigenvalue weighted by Gasteiger charge is -2.27. The predicted octanol–water partition coefficient (Wildman–Crippen LogP) is 3.79. The van der Waals surface area contributed by atoms with Gasteiger partial charge in [-0.05, 0) is 24.6 Å². The Morgan fingerprint density at radius 1 is 1.08 bits per heavy atom. The van der Waals surface area contributed by atoms with Crippen LogP contribution in [-0.2, 0) is 11.3 Å². The zero-order chi connectivity index (χ0) is 17.1. The molecule has 0 bridgehead atoms. The molecule has 0 saturated carbocycles. The monoisotopic (exact) mass is 343 g/mol. The number of ether oxygens (including phenoxy) is 2. The molecule has 1 heterocycles. The van der Waals surface area contributed by atoms with Crippen LogP contribution in [0.5, 0.6) is 11.5 Å². The molecule has 0 aliphatic carbocycles. The molecule has 24 heavy (non-hydrogen) atoms. The maximum atomic E-state index is 12.5.